The van der Waals surface area contributed by atoms with Crippen LogP contribution in [-0.2, 0) is 32.7 Å². The van der Waals surface area contributed by atoms with Gasteiger partial charge in [-0.1, -0.05) is 160 Å². The summed E-state index contributed by atoms with van der Waals surface area (Å²) in [5.41, 5.74) is 5.33. The molecule has 0 aromatic carbocycles. The maximum absolute atomic E-state index is 12.4. The van der Waals surface area contributed by atoms with Crippen molar-refractivity contribution < 1.29 is 37.6 Å². The molecule has 0 aromatic rings. The Bertz CT molecular complexity index is 939. The fourth-order valence-electron chi connectivity index (χ4n) is 5.54. The second-order valence-electron chi connectivity index (χ2n) is 13.6. The molecule has 0 aliphatic carbocycles. The molecule has 0 aromatic heterocycles. The number of unbranched alkanes of at least 4 members (excludes halogenated alkanes) is 22. The minimum absolute atomic E-state index is 0.0401. The highest BCUT2D eigenvalue weighted by molar-refractivity contribution is 7.47. The van der Waals surface area contributed by atoms with Crippen molar-refractivity contribution in [1.29, 1.82) is 0 Å². The van der Waals surface area contributed by atoms with Crippen LogP contribution in [0.3, 0.4) is 0 Å². The maximum atomic E-state index is 12.4. The molecule has 10 heteroatoms. The highest BCUT2D eigenvalue weighted by atomic mass is 31.2. The SMILES string of the molecule is CCCCCC/C=C/CCCCCCCCCC(=O)OC[C@H](COP(=O)(O)OCCN)OC(=O)/C=C/C=C/CCCCCCCCCCCCC. The lowest BCUT2D eigenvalue weighted by atomic mass is 10.1. The first-order valence-corrected chi connectivity index (χ1v) is 22.0. The molecule has 2 atom stereocenters. The first-order valence-electron chi connectivity index (χ1n) is 20.5. The number of carbonyl (C=O) groups excluding carboxylic acids is 2. The third-order valence-corrected chi connectivity index (χ3v) is 9.59. The van der Waals surface area contributed by atoms with Gasteiger partial charge in [0.05, 0.1) is 13.2 Å². The van der Waals surface area contributed by atoms with Crippen LogP contribution in [0.15, 0.2) is 36.5 Å². The van der Waals surface area contributed by atoms with E-state index in [1.807, 2.05) is 6.08 Å². The van der Waals surface area contributed by atoms with E-state index in [0.29, 0.717) is 6.42 Å². The Morgan fingerprint density at radius 2 is 1.10 bits per heavy atom. The molecule has 298 valence electrons. The quantitative estimate of drug-likeness (QED) is 0.0158. The summed E-state index contributed by atoms with van der Waals surface area (Å²) in [5.74, 6) is -1.09. The van der Waals surface area contributed by atoms with Crippen molar-refractivity contribution in [1.82, 2.24) is 0 Å². The number of phosphoric acid groups is 1. The Labute approximate surface area is 312 Å². The van der Waals surface area contributed by atoms with Crippen molar-refractivity contribution in [3.8, 4) is 0 Å². The molecule has 3 N–H and O–H groups in total. The van der Waals surface area contributed by atoms with Gasteiger partial charge in [0.1, 0.15) is 6.61 Å². The predicted molar refractivity (Wildman–Crippen MR) is 210 cm³/mol. The lowest BCUT2D eigenvalue weighted by Gasteiger charge is -2.19. The van der Waals surface area contributed by atoms with Crippen LogP contribution in [0, 0.1) is 0 Å². The Morgan fingerprint density at radius 1 is 0.627 bits per heavy atom. The van der Waals surface area contributed by atoms with Crippen molar-refractivity contribution in [2.24, 2.45) is 5.73 Å². The van der Waals surface area contributed by atoms with Crippen LogP contribution in [0.1, 0.15) is 181 Å². The zero-order valence-corrected chi connectivity index (χ0v) is 33.5. The summed E-state index contributed by atoms with van der Waals surface area (Å²) < 4.78 is 32.5. The molecule has 0 spiro atoms. The molecule has 51 heavy (non-hydrogen) atoms. The number of hydrogen-bond donors (Lipinski definition) is 2. The monoisotopic (exact) mass is 742 g/mol. The topological polar surface area (TPSA) is 134 Å². The second-order valence-corrected chi connectivity index (χ2v) is 15.0. The predicted octanol–water partition coefficient (Wildman–Crippen LogP) is 11.4. The summed E-state index contributed by atoms with van der Waals surface area (Å²) in [6.07, 6.45) is 40.9. The number of rotatable bonds is 38. The smallest absolute Gasteiger partial charge is 0.462 e. The van der Waals surface area contributed by atoms with E-state index in [1.165, 1.54) is 122 Å². The van der Waals surface area contributed by atoms with Crippen LogP contribution >= 0.6 is 7.82 Å². The Hall–Kier alpha value is -1.77. The largest absolute Gasteiger partial charge is 0.472 e. The number of phosphoric ester groups is 1. The number of hydrogen-bond acceptors (Lipinski definition) is 8. The molecular weight excluding hydrogens is 665 g/mol. The second kappa shape index (κ2) is 38.0. The maximum Gasteiger partial charge on any atom is 0.472 e. The van der Waals surface area contributed by atoms with Crippen LogP contribution in [0.4, 0.5) is 0 Å². The van der Waals surface area contributed by atoms with Crippen LogP contribution < -0.4 is 5.73 Å². The van der Waals surface area contributed by atoms with Gasteiger partial charge in [-0.3, -0.25) is 13.8 Å². The van der Waals surface area contributed by atoms with E-state index < -0.39 is 32.5 Å². The lowest BCUT2D eigenvalue weighted by molar-refractivity contribution is -0.157. The van der Waals surface area contributed by atoms with Gasteiger partial charge < -0.3 is 20.1 Å². The average Bonchev–Trinajstić information content (AvgIpc) is 3.11. The van der Waals surface area contributed by atoms with E-state index in [4.69, 9.17) is 24.3 Å². The van der Waals surface area contributed by atoms with Gasteiger partial charge in [-0.25, -0.2) is 9.36 Å². The molecule has 0 saturated heterocycles. The average molecular weight is 742 g/mol. The van der Waals surface area contributed by atoms with Crippen molar-refractivity contribution in [2.75, 3.05) is 26.4 Å². The van der Waals surface area contributed by atoms with Crippen molar-refractivity contribution >= 4 is 19.8 Å². The molecule has 0 aliphatic heterocycles. The zero-order chi connectivity index (χ0) is 37.5. The van der Waals surface area contributed by atoms with Crippen LogP contribution in [0.2, 0.25) is 0 Å². The normalized spacial score (nSPS) is 13.7. The molecule has 0 fully saturated rings. The van der Waals surface area contributed by atoms with E-state index in [9.17, 15) is 19.0 Å². The molecule has 0 rings (SSSR count). The molecule has 1 unspecified atom stereocenters. The van der Waals surface area contributed by atoms with E-state index in [2.05, 4.69) is 26.0 Å². The number of esters is 2. The van der Waals surface area contributed by atoms with E-state index >= 15 is 0 Å². The highest BCUT2D eigenvalue weighted by Gasteiger charge is 2.25. The summed E-state index contributed by atoms with van der Waals surface area (Å²) in [7, 11) is -4.40. The number of nitrogens with two attached hydrogens (primary N) is 1. The van der Waals surface area contributed by atoms with Crippen LogP contribution in [0.5, 0.6) is 0 Å². The van der Waals surface area contributed by atoms with Gasteiger partial charge in [-0.05, 0) is 44.9 Å². The zero-order valence-electron chi connectivity index (χ0n) is 32.6. The molecule has 9 nitrogen and oxygen atoms in total. The van der Waals surface area contributed by atoms with Gasteiger partial charge in [0.15, 0.2) is 6.10 Å². The van der Waals surface area contributed by atoms with Gasteiger partial charge in [-0.15, -0.1) is 0 Å². The van der Waals surface area contributed by atoms with Gasteiger partial charge in [0.25, 0.3) is 0 Å². The lowest BCUT2D eigenvalue weighted by Crippen LogP contribution is -2.29. The summed E-state index contributed by atoms with van der Waals surface area (Å²) in [6.45, 7) is 3.59. The van der Waals surface area contributed by atoms with Crippen molar-refractivity contribution in [3.05, 3.63) is 36.5 Å². The Balaban J connectivity index is 4.29. The molecule has 0 bridgehead atoms. The minimum atomic E-state index is -4.40. The number of allylic oxidation sites excluding steroid dienone is 5. The van der Waals surface area contributed by atoms with E-state index in [1.54, 1.807) is 12.2 Å². The van der Waals surface area contributed by atoms with Gasteiger partial charge in [-0.2, -0.15) is 0 Å². The number of ether oxygens (including phenoxy) is 2. The molecule has 0 aliphatic rings. The molecule has 0 saturated carbocycles. The highest BCUT2D eigenvalue weighted by Crippen LogP contribution is 2.43. The van der Waals surface area contributed by atoms with Crippen molar-refractivity contribution in [2.45, 2.75) is 187 Å². The summed E-state index contributed by atoms with van der Waals surface area (Å²) >= 11 is 0. The molecule has 0 radical (unpaired) electrons. The van der Waals surface area contributed by atoms with E-state index in [0.717, 1.165) is 38.5 Å². The standard InChI is InChI=1S/C41H76NO8P/c1-3-5-7-9-11-13-15-17-19-21-23-25-27-29-31-33-40(43)47-37-39(38-49-51(45,46)48-36-35-42)50-41(44)34-32-30-28-26-24-22-20-18-16-14-12-10-8-6-4-2/h13,15,28,30,32,34,39H,3-12,14,16-27,29,31,33,35-38,42H2,1-2H3,(H,45,46)/b15-13+,30-28+,34-32+/t39-/m1/s1. The van der Waals surface area contributed by atoms with Crippen LogP contribution in [0.25, 0.3) is 0 Å². The first kappa shape index (κ1) is 49.2. The Kier molecular flexibility index (Phi) is 36.7. The Morgan fingerprint density at radius 3 is 1.63 bits per heavy atom. The van der Waals surface area contributed by atoms with Gasteiger partial charge in [0.2, 0.25) is 0 Å². The first-order chi connectivity index (χ1) is 24.8. The van der Waals surface area contributed by atoms with Crippen molar-refractivity contribution in [3.63, 3.8) is 0 Å². The minimum Gasteiger partial charge on any atom is -0.462 e. The molecular formula is C41H76NO8P. The fraction of sp³-hybridized carbons (Fsp3) is 0.805. The van der Waals surface area contributed by atoms with Gasteiger partial charge in [0, 0.05) is 19.0 Å². The summed E-state index contributed by atoms with van der Waals surface area (Å²) in [5, 5.41) is 0. The third-order valence-electron chi connectivity index (χ3n) is 8.61. The third kappa shape index (κ3) is 37.8. The summed E-state index contributed by atoms with van der Waals surface area (Å²) in [4.78, 5) is 34.6. The van der Waals surface area contributed by atoms with Crippen LogP contribution in [-0.4, -0.2) is 49.3 Å². The van der Waals surface area contributed by atoms with E-state index in [-0.39, 0.29) is 26.2 Å². The molecule has 0 heterocycles. The fourth-order valence-corrected chi connectivity index (χ4v) is 6.30. The van der Waals surface area contributed by atoms with Gasteiger partial charge >= 0.3 is 19.8 Å². The summed E-state index contributed by atoms with van der Waals surface area (Å²) in [6, 6.07) is 0. The molecule has 0 amide bonds. The number of carbonyl (C=O) groups is 2.